The molecular weight excluding hydrogens is 262 g/mol. The zero-order chi connectivity index (χ0) is 14.7. The second-order valence-electron chi connectivity index (χ2n) is 6.32. The van der Waals surface area contributed by atoms with Crippen molar-refractivity contribution in [2.24, 2.45) is 0 Å². The topological polar surface area (TPSA) is 35.6 Å². The van der Waals surface area contributed by atoms with Gasteiger partial charge in [0, 0.05) is 32.7 Å². The van der Waals surface area contributed by atoms with Gasteiger partial charge in [-0.05, 0) is 36.9 Å². The minimum absolute atomic E-state index is 0.244. The van der Waals surface area contributed by atoms with Gasteiger partial charge in [0.25, 0.3) is 0 Å². The summed E-state index contributed by atoms with van der Waals surface area (Å²) in [5.74, 6) is 1.06. The van der Waals surface area contributed by atoms with Gasteiger partial charge >= 0.3 is 0 Å². The second kappa shape index (κ2) is 6.58. The number of hydrogen-bond donors (Lipinski definition) is 1. The molecule has 0 atom stereocenters. The molecule has 0 radical (unpaired) electrons. The fraction of sp³-hybridized carbons (Fsp3) is 0.588. The van der Waals surface area contributed by atoms with Gasteiger partial charge in [0.1, 0.15) is 0 Å². The molecule has 1 heterocycles. The van der Waals surface area contributed by atoms with Gasteiger partial charge in [-0.15, -0.1) is 0 Å². The molecule has 4 heteroatoms. The molecule has 114 valence electrons. The van der Waals surface area contributed by atoms with Gasteiger partial charge in [0.15, 0.2) is 0 Å². The van der Waals surface area contributed by atoms with Crippen molar-refractivity contribution in [2.75, 3.05) is 39.8 Å². The van der Waals surface area contributed by atoms with Crippen molar-refractivity contribution in [1.82, 2.24) is 15.1 Å². The van der Waals surface area contributed by atoms with Crippen LogP contribution in [0.2, 0.25) is 0 Å². The van der Waals surface area contributed by atoms with Gasteiger partial charge in [0.05, 0.1) is 6.54 Å². The van der Waals surface area contributed by atoms with Crippen LogP contribution in [-0.4, -0.2) is 55.5 Å². The highest BCUT2D eigenvalue weighted by molar-refractivity contribution is 5.78. The highest BCUT2D eigenvalue weighted by atomic mass is 16.2. The lowest BCUT2D eigenvalue weighted by atomic mass is 10.1. The van der Waals surface area contributed by atoms with Crippen LogP contribution in [0.3, 0.4) is 0 Å². The highest BCUT2D eigenvalue weighted by Gasteiger charge is 2.23. The molecule has 1 saturated heterocycles. The molecule has 3 rings (SSSR count). The van der Waals surface area contributed by atoms with E-state index < -0.39 is 0 Å². The first-order valence-electron chi connectivity index (χ1n) is 7.98. The number of carbonyl (C=O) groups is 1. The molecule has 1 aromatic carbocycles. The Morgan fingerprint density at radius 2 is 1.90 bits per heavy atom. The van der Waals surface area contributed by atoms with E-state index in [9.17, 15) is 4.79 Å². The third kappa shape index (κ3) is 4.05. The first-order valence-corrected chi connectivity index (χ1v) is 7.98. The number of likely N-dealkylation sites (N-methyl/N-ethyl adjacent to an activating group) is 1. The van der Waals surface area contributed by atoms with Crippen molar-refractivity contribution in [1.29, 1.82) is 0 Å². The second-order valence-corrected chi connectivity index (χ2v) is 6.32. The summed E-state index contributed by atoms with van der Waals surface area (Å²) in [6, 6.07) is 8.91. The summed E-state index contributed by atoms with van der Waals surface area (Å²) in [5, 5.41) is 3.27. The zero-order valence-electron chi connectivity index (χ0n) is 12.8. The van der Waals surface area contributed by atoms with Crippen molar-refractivity contribution < 1.29 is 4.79 Å². The maximum Gasteiger partial charge on any atom is 0.236 e. The summed E-state index contributed by atoms with van der Waals surface area (Å²) in [4.78, 5) is 16.3. The maximum atomic E-state index is 12.2. The smallest absolute Gasteiger partial charge is 0.236 e. The van der Waals surface area contributed by atoms with Crippen LogP contribution >= 0.6 is 0 Å². The average molecular weight is 287 g/mol. The molecule has 1 amide bonds. The lowest BCUT2D eigenvalue weighted by Gasteiger charge is -2.29. The Morgan fingerprint density at radius 3 is 2.52 bits per heavy atom. The van der Waals surface area contributed by atoms with Crippen molar-refractivity contribution in [3.63, 3.8) is 0 Å². The number of hydrogen-bond acceptors (Lipinski definition) is 3. The number of nitrogens with zero attached hydrogens (tertiary/aromatic N) is 2. The Bertz CT molecular complexity index is 475. The molecule has 4 nitrogen and oxygen atoms in total. The lowest BCUT2D eigenvalue weighted by molar-refractivity contribution is -0.132. The van der Waals surface area contributed by atoms with Gasteiger partial charge in [-0.3, -0.25) is 9.69 Å². The SMILES string of the molecule is CN(CC(=O)N1CCNCC1)Cc1ccc(C2CC2)cc1. The van der Waals surface area contributed by atoms with E-state index in [0.29, 0.717) is 6.54 Å². The molecule has 2 fully saturated rings. The van der Waals surface area contributed by atoms with Crippen LogP contribution in [0.5, 0.6) is 0 Å². The first kappa shape index (κ1) is 14.5. The fourth-order valence-electron chi connectivity index (χ4n) is 2.92. The zero-order valence-corrected chi connectivity index (χ0v) is 12.8. The fourth-order valence-corrected chi connectivity index (χ4v) is 2.92. The largest absolute Gasteiger partial charge is 0.339 e. The Labute approximate surface area is 127 Å². The lowest BCUT2D eigenvalue weighted by Crippen LogP contribution is -2.49. The standard InChI is InChI=1S/C17H25N3O/c1-19(13-17(21)20-10-8-18-9-11-20)12-14-2-4-15(5-3-14)16-6-7-16/h2-5,16,18H,6-13H2,1H3. The van der Waals surface area contributed by atoms with E-state index in [2.05, 4.69) is 34.5 Å². The van der Waals surface area contributed by atoms with E-state index >= 15 is 0 Å². The van der Waals surface area contributed by atoms with Crippen LogP contribution in [0.15, 0.2) is 24.3 Å². The predicted molar refractivity (Wildman–Crippen MR) is 84.2 cm³/mol. The molecular formula is C17H25N3O. The van der Waals surface area contributed by atoms with Crippen molar-refractivity contribution in [2.45, 2.75) is 25.3 Å². The summed E-state index contributed by atoms with van der Waals surface area (Å²) in [6.45, 7) is 4.84. The average Bonchev–Trinajstić information content (AvgIpc) is 3.33. The predicted octanol–water partition coefficient (Wildman–Crippen LogP) is 1.43. The number of benzene rings is 1. The van der Waals surface area contributed by atoms with Crippen molar-refractivity contribution in [3.05, 3.63) is 35.4 Å². The minimum Gasteiger partial charge on any atom is -0.339 e. The highest BCUT2D eigenvalue weighted by Crippen LogP contribution is 2.39. The number of amides is 1. The Balaban J connectivity index is 1.48. The van der Waals surface area contributed by atoms with Crippen molar-refractivity contribution in [3.8, 4) is 0 Å². The molecule has 1 N–H and O–H groups in total. The van der Waals surface area contributed by atoms with E-state index in [1.165, 1.54) is 24.0 Å². The van der Waals surface area contributed by atoms with Gasteiger partial charge in [0.2, 0.25) is 5.91 Å². The Morgan fingerprint density at radius 1 is 1.24 bits per heavy atom. The van der Waals surface area contributed by atoms with Crippen LogP contribution in [0, 0.1) is 0 Å². The Kier molecular flexibility index (Phi) is 4.56. The summed E-state index contributed by atoms with van der Waals surface area (Å²) < 4.78 is 0. The molecule has 21 heavy (non-hydrogen) atoms. The normalized spacial score (nSPS) is 19.0. The van der Waals surface area contributed by atoms with Gasteiger partial charge in [-0.25, -0.2) is 0 Å². The maximum absolute atomic E-state index is 12.2. The molecule has 1 aliphatic heterocycles. The third-order valence-electron chi connectivity index (χ3n) is 4.36. The number of carbonyl (C=O) groups excluding carboxylic acids is 1. The molecule has 1 aromatic rings. The van der Waals surface area contributed by atoms with Crippen molar-refractivity contribution >= 4 is 5.91 Å². The molecule has 0 spiro atoms. The molecule has 2 aliphatic rings. The van der Waals surface area contributed by atoms with Gasteiger partial charge in [-0.1, -0.05) is 24.3 Å². The molecule has 0 unspecified atom stereocenters. The quantitative estimate of drug-likeness (QED) is 0.890. The Hall–Kier alpha value is -1.39. The minimum atomic E-state index is 0.244. The summed E-state index contributed by atoms with van der Waals surface area (Å²) in [7, 11) is 2.02. The monoisotopic (exact) mass is 287 g/mol. The molecule has 0 bridgehead atoms. The van der Waals surface area contributed by atoms with Gasteiger partial charge < -0.3 is 10.2 Å². The summed E-state index contributed by atoms with van der Waals surface area (Å²) >= 11 is 0. The summed E-state index contributed by atoms with van der Waals surface area (Å²) in [5.41, 5.74) is 2.76. The van der Waals surface area contributed by atoms with E-state index in [-0.39, 0.29) is 5.91 Å². The van der Waals surface area contributed by atoms with E-state index in [1.807, 2.05) is 11.9 Å². The number of piperazine rings is 1. The van der Waals surface area contributed by atoms with Gasteiger partial charge in [-0.2, -0.15) is 0 Å². The first-order chi connectivity index (χ1) is 10.2. The molecule has 1 aliphatic carbocycles. The van der Waals surface area contributed by atoms with Crippen LogP contribution in [-0.2, 0) is 11.3 Å². The van der Waals surface area contributed by atoms with Crippen LogP contribution in [0.4, 0.5) is 0 Å². The van der Waals surface area contributed by atoms with E-state index in [0.717, 1.165) is 38.6 Å². The third-order valence-corrected chi connectivity index (χ3v) is 4.36. The van der Waals surface area contributed by atoms with Crippen LogP contribution < -0.4 is 5.32 Å². The van der Waals surface area contributed by atoms with E-state index in [4.69, 9.17) is 0 Å². The number of nitrogens with one attached hydrogen (secondary N) is 1. The van der Waals surface area contributed by atoms with E-state index in [1.54, 1.807) is 0 Å². The number of rotatable bonds is 5. The van der Waals surface area contributed by atoms with Crippen LogP contribution in [0.1, 0.15) is 29.9 Å². The molecule has 1 saturated carbocycles. The summed E-state index contributed by atoms with van der Waals surface area (Å²) in [6.07, 6.45) is 2.69. The molecule has 0 aromatic heterocycles. The van der Waals surface area contributed by atoms with Crippen LogP contribution in [0.25, 0.3) is 0 Å².